The first-order valence-electron chi connectivity index (χ1n) is 9.10. The Hall–Kier alpha value is -3.00. The standard InChI is InChI=1S/C20H22N2O6/c1-13-10-18(14(2)21(13)11-17-4-3-9-27-17)19(23)12-28-20(24)15-5-7-16(8-6-15)22(25)26/h5-8,10,17H,3-4,9,11-12H2,1-2H3. The van der Waals surface area contributed by atoms with E-state index in [0.29, 0.717) is 12.1 Å². The van der Waals surface area contributed by atoms with Crippen LogP contribution < -0.4 is 0 Å². The summed E-state index contributed by atoms with van der Waals surface area (Å²) < 4.78 is 12.8. The van der Waals surface area contributed by atoms with E-state index in [1.54, 1.807) is 6.07 Å². The molecule has 1 atom stereocenters. The van der Waals surface area contributed by atoms with E-state index in [4.69, 9.17) is 9.47 Å². The van der Waals surface area contributed by atoms with Crippen LogP contribution in [0.15, 0.2) is 30.3 Å². The van der Waals surface area contributed by atoms with Crippen LogP contribution in [0.4, 0.5) is 5.69 Å². The second-order valence-corrected chi connectivity index (χ2v) is 6.83. The molecule has 1 unspecified atom stereocenters. The summed E-state index contributed by atoms with van der Waals surface area (Å²) in [5, 5.41) is 10.7. The summed E-state index contributed by atoms with van der Waals surface area (Å²) in [5.41, 5.74) is 2.34. The Morgan fingerprint density at radius 1 is 1.29 bits per heavy atom. The summed E-state index contributed by atoms with van der Waals surface area (Å²) in [4.78, 5) is 34.7. The van der Waals surface area contributed by atoms with E-state index < -0.39 is 10.9 Å². The fraction of sp³-hybridized carbons (Fsp3) is 0.400. The molecule has 0 radical (unpaired) electrons. The van der Waals surface area contributed by atoms with Crippen LogP contribution in [0.5, 0.6) is 0 Å². The highest BCUT2D eigenvalue weighted by Crippen LogP contribution is 2.21. The minimum atomic E-state index is -0.698. The summed E-state index contributed by atoms with van der Waals surface area (Å²) in [6.07, 6.45) is 2.22. The normalized spacial score (nSPS) is 16.1. The summed E-state index contributed by atoms with van der Waals surface area (Å²) >= 11 is 0. The molecule has 1 fully saturated rings. The van der Waals surface area contributed by atoms with Gasteiger partial charge in [-0.25, -0.2) is 4.79 Å². The quantitative estimate of drug-likeness (QED) is 0.313. The molecule has 0 amide bonds. The number of Topliss-reactive ketones (excluding diaryl/α,β-unsaturated/α-hetero) is 1. The molecule has 3 rings (SSSR count). The van der Waals surface area contributed by atoms with Gasteiger partial charge in [0.1, 0.15) is 0 Å². The Morgan fingerprint density at radius 3 is 2.61 bits per heavy atom. The Bertz CT molecular complexity index is 894. The molecule has 1 aromatic carbocycles. The number of carbonyl (C=O) groups is 2. The topological polar surface area (TPSA) is 101 Å². The molecule has 1 aliphatic heterocycles. The maximum Gasteiger partial charge on any atom is 0.338 e. The summed E-state index contributed by atoms with van der Waals surface area (Å²) in [6, 6.07) is 6.84. The van der Waals surface area contributed by atoms with Crippen molar-refractivity contribution in [1.82, 2.24) is 4.57 Å². The van der Waals surface area contributed by atoms with E-state index in [2.05, 4.69) is 4.57 Å². The Morgan fingerprint density at radius 2 is 2.00 bits per heavy atom. The molecule has 8 heteroatoms. The first-order valence-corrected chi connectivity index (χ1v) is 9.10. The predicted octanol–water partition coefficient (Wildman–Crippen LogP) is 3.23. The summed E-state index contributed by atoms with van der Waals surface area (Å²) in [6.45, 7) is 4.89. The number of ketones is 1. The number of hydrogen-bond donors (Lipinski definition) is 0. The van der Waals surface area contributed by atoms with Crippen LogP contribution in [-0.4, -0.2) is 40.6 Å². The molecule has 0 spiro atoms. The number of esters is 1. The van der Waals surface area contributed by atoms with E-state index >= 15 is 0 Å². The van der Waals surface area contributed by atoms with Gasteiger partial charge in [0.25, 0.3) is 5.69 Å². The van der Waals surface area contributed by atoms with E-state index in [9.17, 15) is 19.7 Å². The number of aryl methyl sites for hydroxylation is 1. The Labute approximate surface area is 162 Å². The van der Waals surface area contributed by atoms with E-state index in [-0.39, 0.29) is 29.7 Å². The number of nitrogens with zero attached hydrogens (tertiary/aromatic N) is 2. The van der Waals surface area contributed by atoms with Gasteiger partial charge in [-0.1, -0.05) is 0 Å². The van der Waals surface area contributed by atoms with Crippen molar-refractivity contribution in [1.29, 1.82) is 0 Å². The van der Waals surface area contributed by atoms with Gasteiger partial charge in [0.15, 0.2) is 6.61 Å². The van der Waals surface area contributed by atoms with Gasteiger partial charge in [-0.3, -0.25) is 14.9 Å². The number of hydrogen-bond acceptors (Lipinski definition) is 6. The van der Waals surface area contributed by atoms with Crippen LogP contribution in [0.25, 0.3) is 0 Å². The molecular weight excluding hydrogens is 364 g/mol. The van der Waals surface area contributed by atoms with Gasteiger partial charge in [-0.15, -0.1) is 0 Å². The monoisotopic (exact) mass is 386 g/mol. The lowest BCUT2D eigenvalue weighted by Gasteiger charge is -2.14. The van der Waals surface area contributed by atoms with Crippen molar-refractivity contribution in [2.24, 2.45) is 0 Å². The van der Waals surface area contributed by atoms with Gasteiger partial charge in [0, 0.05) is 42.2 Å². The van der Waals surface area contributed by atoms with Crippen molar-refractivity contribution in [3.05, 3.63) is 63.0 Å². The van der Waals surface area contributed by atoms with Crippen molar-refractivity contribution in [3.63, 3.8) is 0 Å². The summed E-state index contributed by atoms with van der Waals surface area (Å²) in [5.74, 6) is -0.988. The number of carbonyl (C=O) groups excluding carboxylic acids is 2. The zero-order valence-corrected chi connectivity index (χ0v) is 15.8. The smallest absolute Gasteiger partial charge is 0.338 e. The average Bonchev–Trinajstić information content (AvgIpc) is 3.29. The van der Waals surface area contributed by atoms with Gasteiger partial charge in [0.2, 0.25) is 5.78 Å². The zero-order valence-electron chi connectivity index (χ0n) is 15.8. The van der Waals surface area contributed by atoms with Crippen molar-refractivity contribution < 1.29 is 24.0 Å². The number of nitro groups is 1. The molecular formula is C20H22N2O6. The van der Waals surface area contributed by atoms with Crippen molar-refractivity contribution in [3.8, 4) is 0 Å². The molecule has 0 saturated carbocycles. The molecule has 2 aromatic rings. The fourth-order valence-corrected chi connectivity index (χ4v) is 3.37. The lowest BCUT2D eigenvalue weighted by Crippen LogP contribution is -2.18. The molecule has 8 nitrogen and oxygen atoms in total. The first-order chi connectivity index (χ1) is 13.4. The Kier molecular flexibility index (Phi) is 5.89. The van der Waals surface area contributed by atoms with Gasteiger partial charge >= 0.3 is 5.97 Å². The molecule has 1 saturated heterocycles. The third kappa shape index (κ3) is 4.28. The van der Waals surface area contributed by atoms with E-state index in [1.165, 1.54) is 24.3 Å². The largest absolute Gasteiger partial charge is 0.454 e. The summed E-state index contributed by atoms with van der Waals surface area (Å²) in [7, 11) is 0. The number of non-ortho nitro benzene ring substituents is 1. The van der Waals surface area contributed by atoms with Crippen molar-refractivity contribution in [2.45, 2.75) is 39.3 Å². The molecule has 0 aliphatic carbocycles. The maximum absolute atomic E-state index is 12.5. The molecule has 0 N–H and O–H groups in total. The highest BCUT2D eigenvalue weighted by Gasteiger charge is 2.22. The minimum absolute atomic E-state index is 0.119. The first kappa shape index (κ1) is 19.8. The van der Waals surface area contributed by atoms with E-state index in [0.717, 1.165) is 30.8 Å². The maximum atomic E-state index is 12.5. The third-order valence-electron chi connectivity index (χ3n) is 4.93. The van der Waals surface area contributed by atoms with Crippen LogP contribution in [0.2, 0.25) is 0 Å². The number of ether oxygens (including phenoxy) is 2. The van der Waals surface area contributed by atoms with E-state index in [1.807, 2.05) is 13.8 Å². The number of rotatable bonds is 7. The van der Waals surface area contributed by atoms with Crippen molar-refractivity contribution >= 4 is 17.4 Å². The van der Waals surface area contributed by atoms with Crippen LogP contribution in [0.3, 0.4) is 0 Å². The number of benzene rings is 1. The zero-order chi connectivity index (χ0) is 20.3. The average molecular weight is 386 g/mol. The molecule has 28 heavy (non-hydrogen) atoms. The SMILES string of the molecule is Cc1cc(C(=O)COC(=O)c2ccc([N+](=O)[O-])cc2)c(C)n1CC1CCCO1. The molecule has 1 aromatic heterocycles. The van der Waals surface area contributed by atoms with Gasteiger partial charge < -0.3 is 14.0 Å². The molecule has 148 valence electrons. The molecule has 2 heterocycles. The van der Waals surface area contributed by atoms with Crippen LogP contribution in [-0.2, 0) is 16.0 Å². The second-order valence-electron chi connectivity index (χ2n) is 6.83. The van der Waals surface area contributed by atoms with Crippen LogP contribution >= 0.6 is 0 Å². The number of aromatic nitrogens is 1. The van der Waals surface area contributed by atoms with Crippen LogP contribution in [0.1, 0.15) is 44.9 Å². The predicted molar refractivity (Wildman–Crippen MR) is 101 cm³/mol. The van der Waals surface area contributed by atoms with Gasteiger partial charge in [-0.2, -0.15) is 0 Å². The molecule has 0 bridgehead atoms. The fourth-order valence-electron chi connectivity index (χ4n) is 3.37. The lowest BCUT2D eigenvalue weighted by atomic mass is 10.1. The van der Waals surface area contributed by atoms with Gasteiger partial charge in [-0.05, 0) is 44.9 Å². The third-order valence-corrected chi connectivity index (χ3v) is 4.93. The van der Waals surface area contributed by atoms with Gasteiger partial charge in [0.05, 0.1) is 16.6 Å². The highest BCUT2D eigenvalue weighted by atomic mass is 16.6. The lowest BCUT2D eigenvalue weighted by molar-refractivity contribution is -0.384. The van der Waals surface area contributed by atoms with Crippen molar-refractivity contribution in [2.75, 3.05) is 13.2 Å². The molecule has 1 aliphatic rings. The second kappa shape index (κ2) is 8.35. The van der Waals surface area contributed by atoms with Crippen LogP contribution in [0, 0.1) is 24.0 Å². The number of nitro benzene ring substituents is 1. The minimum Gasteiger partial charge on any atom is -0.454 e. The highest BCUT2D eigenvalue weighted by molar-refractivity contribution is 6.00. The Balaban J connectivity index is 1.62.